The Bertz CT molecular complexity index is 356. The standard InChI is InChI=1S/C17H29NO2/c1-12-9-13(2)11-14(10-12)16(17(19)20)18-15-7-5-3-4-6-8-15/h9,12,14-16,18H,3-8,10-11H2,1-2H3,(H,19,20). The highest BCUT2D eigenvalue weighted by Gasteiger charge is 2.32. The summed E-state index contributed by atoms with van der Waals surface area (Å²) in [5.74, 6) is 0.0865. The molecule has 2 N–H and O–H groups in total. The smallest absolute Gasteiger partial charge is 0.321 e. The maximum atomic E-state index is 11.7. The lowest BCUT2D eigenvalue weighted by Gasteiger charge is -2.33. The van der Waals surface area contributed by atoms with E-state index in [0.717, 1.165) is 25.7 Å². The molecule has 0 spiro atoms. The fraction of sp³-hybridized carbons (Fsp3) is 0.824. The number of allylic oxidation sites excluding steroid dienone is 2. The van der Waals surface area contributed by atoms with Gasteiger partial charge in [-0.15, -0.1) is 0 Å². The SMILES string of the molecule is CC1=CC(C)CC(C(NC2CCCCCC2)C(=O)O)C1. The Labute approximate surface area is 122 Å². The van der Waals surface area contributed by atoms with Gasteiger partial charge in [-0.1, -0.05) is 44.3 Å². The third-order valence-electron chi connectivity index (χ3n) is 4.84. The topological polar surface area (TPSA) is 49.3 Å². The lowest BCUT2D eigenvalue weighted by molar-refractivity contribution is -0.141. The number of carbonyl (C=O) groups is 1. The normalized spacial score (nSPS) is 30.4. The van der Waals surface area contributed by atoms with Crippen molar-refractivity contribution < 1.29 is 9.90 Å². The third-order valence-corrected chi connectivity index (χ3v) is 4.84. The van der Waals surface area contributed by atoms with Crippen molar-refractivity contribution in [3.63, 3.8) is 0 Å². The number of nitrogens with one attached hydrogen (secondary N) is 1. The van der Waals surface area contributed by atoms with Crippen molar-refractivity contribution in [2.24, 2.45) is 11.8 Å². The van der Waals surface area contributed by atoms with Crippen LogP contribution in [-0.4, -0.2) is 23.2 Å². The van der Waals surface area contributed by atoms with E-state index in [1.165, 1.54) is 31.3 Å². The molecular weight excluding hydrogens is 250 g/mol. The van der Waals surface area contributed by atoms with E-state index in [1.807, 2.05) is 0 Å². The predicted molar refractivity (Wildman–Crippen MR) is 81.7 cm³/mol. The molecule has 1 fully saturated rings. The van der Waals surface area contributed by atoms with Crippen LogP contribution in [0, 0.1) is 11.8 Å². The maximum Gasteiger partial charge on any atom is 0.321 e. The van der Waals surface area contributed by atoms with Gasteiger partial charge < -0.3 is 10.4 Å². The van der Waals surface area contributed by atoms with E-state index in [9.17, 15) is 9.90 Å². The summed E-state index contributed by atoms with van der Waals surface area (Å²) in [5, 5.41) is 13.1. The summed E-state index contributed by atoms with van der Waals surface area (Å²) in [6, 6.07) is 0.0318. The fourth-order valence-electron chi connectivity index (χ4n) is 3.96. The van der Waals surface area contributed by atoms with Crippen LogP contribution in [-0.2, 0) is 4.79 Å². The number of carboxylic acids is 1. The summed E-state index contributed by atoms with van der Waals surface area (Å²) < 4.78 is 0. The van der Waals surface area contributed by atoms with Crippen molar-refractivity contribution in [2.45, 2.75) is 77.3 Å². The molecule has 3 heteroatoms. The molecule has 0 amide bonds. The summed E-state index contributed by atoms with van der Waals surface area (Å²) in [7, 11) is 0. The van der Waals surface area contributed by atoms with Crippen LogP contribution in [0.15, 0.2) is 11.6 Å². The first-order chi connectivity index (χ1) is 9.56. The highest BCUT2D eigenvalue weighted by molar-refractivity contribution is 5.74. The number of hydrogen-bond acceptors (Lipinski definition) is 2. The molecular formula is C17H29NO2. The van der Waals surface area contributed by atoms with E-state index in [1.54, 1.807) is 0 Å². The van der Waals surface area contributed by atoms with Gasteiger partial charge in [0.25, 0.3) is 0 Å². The summed E-state index contributed by atoms with van der Waals surface area (Å²) in [4.78, 5) is 11.7. The van der Waals surface area contributed by atoms with Gasteiger partial charge in [0.15, 0.2) is 0 Å². The average molecular weight is 279 g/mol. The van der Waals surface area contributed by atoms with Gasteiger partial charge >= 0.3 is 5.97 Å². The first-order valence-corrected chi connectivity index (χ1v) is 8.22. The molecule has 0 aliphatic heterocycles. The third kappa shape index (κ3) is 4.34. The van der Waals surface area contributed by atoms with Crippen molar-refractivity contribution >= 4 is 5.97 Å². The Morgan fingerprint density at radius 1 is 1.30 bits per heavy atom. The maximum absolute atomic E-state index is 11.7. The summed E-state index contributed by atoms with van der Waals surface area (Å²) in [6.07, 6.45) is 11.6. The van der Waals surface area contributed by atoms with Crippen LogP contribution in [0.3, 0.4) is 0 Å². The zero-order valence-corrected chi connectivity index (χ0v) is 12.9. The molecule has 0 aromatic heterocycles. The zero-order valence-electron chi connectivity index (χ0n) is 12.9. The first kappa shape index (κ1) is 15.6. The number of aliphatic carboxylic acids is 1. The highest BCUT2D eigenvalue weighted by Crippen LogP contribution is 2.31. The van der Waals surface area contributed by atoms with Crippen LogP contribution in [0.25, 0.3) is 0 Å². The van der Waals surface area contributed by atoms with E-state index in [2.05, 4.69) is 25.2 Å². The van der Waals surface area contributed by atoms with Crippen molar-refractivity contribution in [1.29, 1.82) is 0 Å². The van der Waals surface area contributed by atoms with Crippen LogP contribution >= 0.6 is 0 Å². The molecule has 3 unspecified atom stereocenters. The Hall–Kier alpha value is -0.830. The van der Waals surface area contributed by atoms with Crippen LogP contribution in [0.1, 0.15) is 65.2 Å². The first-order valence-electron chi connectivity index (χ1n) is 8.22. The van der Waals surface area contributed by atoms with Gasteiger partial charge in [0.2, 0.25) is 0 Å². The molecule has 0 bridgehead atoms. The molecule has 0 aromatic rings. The highest BCUT2D eigenvalue weighted by atomic mass is 16.4. The van der Waals surface area contributed by atoms with E-state index in [-0.39, 0.29) is 12.0 Å². The zero-order chi connectivity index (χ0) is 14.5. The molecule has 114 valence electrons. The molecule has 3 atom stereocenters. The quantitative estimate of drug-likeness (QED) is 0.609. The monoisotopic (exact) mass is 279 g/mol. The van der Waals surface area contributed by atoms with E-state index >= 15 is 0 Å². The second kappa shape index (κ2) is 7.26. The van der Waals surface area contributed by atoms with Gasteiger partial charge in [-0.25, -0.2) is 0 Å². The van der Waals surface area contributed by atoms with Crippen molar-refractivity contribution in [1.82, 2.24) is 5.32 Å². The molecule has 20 heavy (non-hydrogen) atoms. The predicted octanol–water partition coefficient (Wildman–Crippen LogP) is 3.74. The lowest BCUT2D eigenvalue weighted by atomic mass is 9.79. The van der Waals surface area contributed by atoms with Crippen LogP contribution in [0.5, 0.6) is 0 Å². The molecule has 2 aliphatic carbocycles. The Morgan fingerprint density at radius 2 is 1.95 bits per heavy atom. The number of carboxylic acid groups (broad SMARTS) is 1. The van der Waals surface area contributed by atoms with E-state index in [4.69, 9.17) is 0 Å². The average Bonchev–Trinajstić information content (AvgIpc) is 2.62. The van der Waals surface area contributed by atoms with Gasteiger partial charge in [0.05, 0.1) is 0 Å². The van der Waals surface area contributed by atoms with Crippen LogP contribution in [0.2, 0.25) is 0 Å². The molecule has 2 aliphatic rings. The molecule has 2 rings (SSSR count). The Balaban J connectivity index is 1.99. The summed E-state index contributed by atoms with van der Waals surface area (Å²) in [5.41, 5.74) is 1.35. The van der Waals surface area contributed by atoms with Gasteiger partial charge in [-0.3, -0.25) is 4.79 Å². The number of hydrogen-bond donors (Lipinski definition) is 2. The molecule has 1 saturated carbocycles. The van der Waals surface area contributed by atoms with E-state index in [0.29, 0.717) is 12.0 Å². The Morgan fingerprint density at radius 3 is 2.50 bits per heavy atom. The summed E-state index contributed by atoms with van der Waals surface area (Å²) >= 11 is 0. The van der Waals surface area contributed by atoms with Gasteiger partial charge in [0, 0.05) is 6.04 Å². The molecule has 0 heterocycles. The van der Waals surface area contributed by atoms with Gasteiger partial charge in [0.1, 0.15) is 6.04 Å². The second-order valence-electron chi connectivity index (χ2n) is 6.86. The minimum Gasteiger partial charge on any atom is -0.480 e. The second-order valence-corrected chi connectivity index (χ2v) is 6.86. The van der Waals surface area contributed by atoms with Gasteiger partial charge in [-0.05, 0) is 44.4 Å². The van der Waals surface area contributed by atoms with Crippen molar-refractivity contribution in [2.75, 3.05) is 0 Å². The minimum absolute atomic E-state index is 0.246. The van der Waals surface area contributed by atoms with Crippen molar-refractivity contribution in [3.05, 3.63) is 11.6 Å². The fourth-order valence-corrected chi connectivity index (χ4v) is 3.96. The Kier molecular flexibility index (Phi) is 5.64. The van der Waals surface area contributed by atoms with E-state index < -0.39 is 5.97 Å². The van der Waals surface area contributed by atoms with Crippen molar-refractivity contribution in [3.8, 4) is 0 Å². The molecule has 0 saturated heterocycles. The molecule has 3 nitrogen and oxygen atoms in total. The molecule has 0 aromatic carbocycles. The largest absolute Gasteiger partial charge is 0.480 e. The van der Waals surface area contributed by atoms with Gasteiger partial charge in [-0.2, -0.15) is 0 Å². The van der Waals surface area contributed by atoms with Crippen LogP contribution < -0.4 is 5.32 Å². The number of rotatable bonds is 4. The molecule has 0 radical (unpaired) electrons. The minimum atomic E-state index is -0.666. The summed E-state index contributed by atoms with van der Waals surface area (Å²) in [6.45, 7) is 4.33. The lowest BCUT2D eigenvalue weighted by Crippen LogP contribution is -2.48. The van der Waals surface area contributed by atoms with Crippen LogP contribution in [0.4, 0.5) is 0 Å².